The lowest BCUT2D eigenvalue weighted by molar-refractivity contribution is -0.139. The summed E-state index contributed by atoms with van der Waals surface area (Å²) in [6.07, 6.45) is 6.82. The molecule has 1 aliphatic carbocycles. The number of carbonyl (C=O) groups is 2. The van der Waals surface area contributed by atoms with Gasteiger partial charge >= 0.3 is 12.0 Å². The molecule has 19 heavy (non-hydrogen) atoms. The molecule has 1 aliphatic rings. The maximum Gasteiger partial charge on any atom is 0.326 e. The van der Waals surface area contributed by atoms with Crippen LogP contribution in [0.1, 0.15) is 39.0 Å². The Hall–Kier alpha value is -0.910. The Morgan fingerprint density at radius 3 is 2.63 bits per heavy atom. The number of carboxylic acid groups (broad SMARTS) is 1. The number of aliphatic carboxylic acids is 1. The first-order chi connectivity index (χ1) is 9.04. The first kappa shape index (κ1) is 16.1. The van der Waals surface area contributed by atoms with Crippen LogP contribution in [0.5, 0.6) is 0 Å². The summed E-state index contributed by atoms with van der Waals surface area (Å²) in [5.41, 5.74) is 0. The van der Waals surface area contributed by atoms with Crippen LogP contribution in [0.25, 0.3) is 0 Å². The predicted octanol–water partition coefficient (Wildman–Crippen LogP) is 2.07. The second-order valence-electron chi connectivity index (χ2n) is 5.16. The third-order valence-corrected chi connectivity index (χ3v) is 4.29. The van der Waals surface area contributed by atoms with Crippen molar-refractivity contribution < 1.29 is 14.7 Å². The van der Waals surface area contributed by atoms with Crippen LogP contribution in [-0.4, -0.2) is 41.2 Å². The average molecular weight is 288 g/mol. The van der Waals surface area contributed by atoms with Gasteiger partial charge in [-0.25, -0.2) is 9.59 Å². The summed E-state index contributed by atoms with van der Waals surface area (Å²) >= 11 is 1.58. The molecule has 0 unspecified atom stereocenters. The van der Waals surface area contributed by atoms with Gasteiger partial charge < -0.3 is 15.7 Å². The fourth-order valence-corrected chi connectivity index (χ4v) is 2.86. The predicted molar refractivity (Wildman–Crippen MR) is 77.5 cm³/mol. The Kier molecular flexibility index (Phi) is 7.05. The highest BCUT2D eigenvalue weighted by Crippen LogP contribution is 2.23. The largest absolute Gasteiger partial charge is 0.480 e. The molecule has 1 fully saturated rings. The summed E-state index contributed by atoms with van der Waals surface area (Å²) < 4.78 is 0. The van der Waals surface area contributed by atoms with Crippen molar-refractivity contribution in [2.45, 2.75) is 51.1 Å². The molecule has 0 aromatic rings. The van der Waals surface area contributed by atoms with Gasteiger partial charge in [-0.2, -0.15) is 11.8 Å². The molecule has 2 amide bonds. The number of rotatable bonds is 6. The van der Waals surface area contributed by atoms with E-state index in [9.17, 15) is 9.59 Å². The van der Waals surface area contributed by atoms with Crippen LogP contribution < -0.4 is 10.6 Å². The summed E-state index contributed by atoms with van der Waals surface area (Å²) in [7, 11) is 0. The number of carbonyl (C=O) groups excluding carboxylic acids is 1. The molecule has 5 nitrogen and oxygen atoms in total. The number of carboxylic acids is 1. The first-order valence-electron chi connectivity index (χ1n) is 6.83. The molecular weight excluding hydrogens is 264 g/mol. The van der Waals surface area contributed by atoms with Gasteiger partial charge in [-0.1, -0.05) is 19.8 Å². The molecule has 0 saturated heterocycles. The highest BCUT2D eigenvalue weighted by molar-refractivity contribution is 7.98. The van der Waals surface area contributed by atoms with Crippen molar-refractivity contribution >= 4 is 23.8 Å². The van der Waals surface area contributed by atoms with Crippen molar-refractivity contribution in [1.82, 2.24) is 10.6 Å². The Labute approximate surface area is 118 Å². The minimum absolute atomic E-state index is 0.170. The third-order valence-electron chi connectivity index (χ3n) is 3.64. The van der Waals surface area contributed by atoms with Gasteiger partial charge in [0.05, 0.1) is 0 Å². The summed E-state index contributed by atoms with van der Waals surface area (Å²) in [6, 6.07) is -0.984. The van der Waals surface area contributed by atoms with E-state index in [2.05, 4.69) is 17.6 Å². The zero-order chi connectivity index (χ0) is 14.3. The number of nitrogens with one attached hydrogen (secondary N) is 2. The Balaban J connectivity index is 2.40. The summed E-state index contributed by atoms with van der Waals surface area (Å²) in [5.74, 6) is 0.215. The molecule has 6 heteroatoms. The van der Waals surface area contributed by atoms with Crippen molar-refractivity contribution in [3.63, 3.8) is 0 Å². The normalized spacial score (nSPS) is 24.5. The molecule has 0 aliphatic heterocycles. The van der Waals surface area contributed by atoms with E-state index in [0.717, 1.165) is 25.0 Å². The Morgan fingerprint density at radius 1 is 1.37 bits per heavy atom. The molecule has 3 atom stereocenters. The van der Waals surface area contributed by atoms with E-state index >= 15 is 0 Å². The summed E-state index contributed by atoms with van der Waals surface area (Å²) in [6.45, 7) is 2.13. The van der Waals surface area contributed by atoms with Gasteiger partial charge in [-0.05, 0) is 37.2 Å². The SMILES string of the molecule is CSCC[C@H](NC(=O)N[C@H]1CCCC[C@@H]1C)C(=O)O. The molecule has 3 N–H and O–H groups in total. The van der Waals surface area contributed by atoms with Gasteiger partial charge in [0.1, 0.15) is 6.04 Å². The van der Waals surface area contributed by atoms with E-state index in [4.69, 9.17) is 5.11 Å². The van der Waals surface area contributed by atoms with E-state index in [1.807, 2.05) is 6.26 Å². The average Bonchev–Trinajstić information content (AvgIpc) is 2.37. The quantitative estimate of drug-likeness (QED) is 0.699. The minimum Gasteiger partial charge on any atom is -0.480 e. The van der Waals surface area contributed by atoms with Crippen LogP contribution in [0.15, 0.2) is 0 Å². The van der Waals surface area contributed by atoms with Gasteiger partial charge in [0.25, 0.3) is 0 Å². The zero-order valence-electron chi connectivity index (χ0n) is 11.6. The molecule has 1 rings (SSSR count). The van der Waals surface area contributed by atoms with Crippen LogP contribution in [0, 0.1) is 5.92 Å². The standard InChI is InChI=1S/C13H24N2O3S/c1-9-5-3-4-6-10(9)14-13(18)15-11(12(16)17)7-8-19-2/h9-11H,3-8H2,1-2H3,(H,16,17)(H2,14,15,18)/t9-,10-,11-/m0/s1. The van der Waals surface area contributed by atoms with E-state index in [1.54, 1.807) is 11.8 Å². The maximum atomic E-state index is 11.8. The van der Waals surface area contributed by atoms with E-state index in [-0.39, 0.29) is 12.1 Å². The van der Waals surface area contributed by atoms with Crippen molar-refractivity contribution in [2.24, 2.45) is 5.92 Å². The van der Waals surface area contributed by atoms with Crippen LogP contribution in [0.4, 0.5) is 4.79 Å². The van der Waals surface area contributed by atoms with Crippen molar-refractivity contribution in [3.8, 4) is 0 Å². The molecule has 0 aromatic carbocycles. The third kappa shape index (κ3) is 5.72. The number of urea groups is 1. The van der Waals surface area contributed by atoms with Crippen LogP contribution in [0.2, 0.25) is 0 Å². The monoisotopic (exact) mass is 288 g/mol. The maximum absolute atomic E-state index is 11.8. The lowest BCUT2D eigenvalue weighted by atomic mass is 9.86. The molecule has 0 radical (unpaired) electrons. The smallest absolute Gasteiger partial charge is 0.326 e. The van der Waals surface area contributed by atoms with Gasteiger partial charge in [0.15, 0.2) is 0 Å². The second kappa shape index (κ2) is 8.30. The van der Waals surface area contributed by atoms with Crippen molar-refractivity contribution in [2.75, 3.05) is 12.0 Å². The summed E-state index contributed by atoms with van der Waals surface area (Å²) in [5, 5.41) is 14.5. The van der Waals surface area contributed by atoms with E-state index in [1.165, 1.54) is 6.42 Å². The van der Waals surface area contributed by atoms with E-state index in [0.29, 0.717) is 12.3 Å². The highest BCUT2D eigenvalue weighted by atomic mass is 32.2. The Bertz CT molecular complexity index is 312. The van der Waals surface area contributed by atoms with Gasteiger partial charge in [-0.15, -0.1) is 0 Å². The lowest BCUT2D eigenvalue weighted by Crippen LogP contribution is -2.51. The topological polar surface area (TPSA) is 78.4 Å². The molecule has 0 spiro atoms. The molecular formula is C13H24N2O3S. The Morgan fingerprint density at radius 2 is 2.05 bits per heavy atom. The van der Waals surface area contributed by atoms with E-state index < -0.39 is 12.0 Å². The van der Waals surface area contributed by atoms with Crippen molar-refractivity contribution in [3.05, 3.63) is 0 Å². The second-order valence-corrected chi connectivity index (χ2v) is 6.14. The van der Waals surface area contributed by atoms with Crippen LogP contribution >= 0.6 is 11.8 Å². The molecule has 0 heterocycles. The highest BCUT2D eigenvalue weighted by Gasteiger charge is 2.25. The number of hydrogen-bond donors (Lipinski definition) is 3. The van der Waals surface area contributed by atoms with Gasteiger partial charge in [0, 0.05) is 6.04 Å². The van der Waals surface area contributed by atoms with Crippen molar-refractivity contribution in [1.29, 1.82) is 0 Å². The molecule has 1 saturated carbocycles. The number of hydrogen-bond acceptors (Lipinski definition) is 3. The zero-order valence-corrected chi connectivity index (χ0v) is 12.5. The fourth-order valence-electron chi connectivity index (χ4n) is 2.39. The summed E-state index contributed by atoms with van der Waals surface area (Å²) in [4.78, 5) is 22.9. The van der Waals surface area contributed by atoms with Crippen LogP contribution in [-0.2, 0) is 4.79 Å². The minimum atomic E-state index is -0.971. The van der Waals surface area contributed by atoms with Crippen LogP contribution in [0.3, 0.4) is 0 Å². The first-order valence-corrected chi connectivity index (χ1v) is 8.22. The fraction of sp³-hybridized carbons (Fsp3) is 0.846. The van der Waals surface area contributed by atoms with Gasteiger partial charge in [-0.3, -0.25) is 0 Å². The molecule has 0 bridgehead atoms. The number of thioether (sulfide) groups is 1. The number of amides is 2. The van der Waals surface area contributed by atoms with Gasteiger partial charge in [0.2, 0.25) is 0 Å². The molecule has 110 valence electrons. The lowest BCUT2D eigenvalue weighted by Gasteiger charge is -2.30. The molecule has 0 aromatic heterocycles.